The molecule has 0 bridgehead atoms. The van der Waals surface area contributed by atoms with Crippen LogP contribution in [0.4, 0.5) is 0 Å². The van der Waals surface area contributed by atoms with E-state index in [0.717, 1.165) is 39.2 Å². The summed E-state index contributed by atoms with van der Waals surface area (Å²) in [5, 5.41) is 3.24. The number of nitrogens with one attached hydrogen (secondary N) is 1. The Labute approximate surface area is 129 Å². The monoisotopic (exact) mass is 384 g/mol. The van der Waals surface area contributed by atoms with Gasteiger partial charge in [0.25, 0.3) is 0 Å². The van der Waals surface area contributed by atoms with Crippen LogP contribution >= 0.6 is 31.9 Å². The molecule has 0 aliphatic heterocycles. The van der Waals surface area contributed by atoms with Gasteiger partial charge in [0.2, 0.25) is 0 Å². The Bertz CT molecular complexity index is 561. The lowest BCUT2D eigenvalue weighted by molar-refractivity contribution is 0.477. The molecular weight excluding hydrogens is 372 g/mol. The number of hydrogen-bond donors (Lipinski definition) is 1. The van der Waals surface area contributed by atoms with E-state index in [1.807, 2.05) is 30.3 Å². The van der Waals surface area contributed by atoms with E-state index >= 15 is 0 Å². The first-order valence-electron chi connectivity index (χ1n) is 5.97. The molecule has 1 aromatic carbocycles. The fourth-order valence-electron chi connectivity index (χ4n) is 1.55. The minimum atomic E-state index is 0.745. The van der Waals surface area contributed by atoms with Gasteiger partial charge in [-0.2, -0.15) is 0 Å². The summed E-state index contributed by atoms with van der Waals surface area (Å²) in [7, 11) is 0. The summed E-state index contributed by atoms with van der Waals surface area (Å²) >= 11 is 6.90. The summed E-state index contributed by atoms with van der Waals surface area (Å²) in [5.74, 6) is 1.56. The molecule has 2 rings (SSSR count). The second-order valence-corrected chi connectivity index (χ2v) is 5.71. The molecule has 0 fully saturated rings. The third-order valence-electron chi connectivity index (χ3n) is 2.47. The molecular formula is C14H14Br2N2O. The molecule has 19 heavy (non-hydrogen) atoms. The molecule has 0 aliphatic rings. The highest BCUT2D eigenvalue weighted by molar-refractivity contribution is 9.11. The van der Waals surface area contributed by atoms with Gasteiger partial charge < -0.3 is 10.1 Å². The van der Waals surface area contributed by atoms with Gasteiger partial charge in [-0.25, -0.2) is 0 Å². The minimum Gasteiger partial charge on any atom is -0.456 e. The van der Waals surface area contributed by atoms with E-state index in [1.165, 1.54) is 0 Å². The van der Waals surface area contributed by atoms with Crippen molar-refractivity contribution in [3.63, 3.8) is 0 Å². The normalized spacial score (nSPS) is 10.5. The first kappa shape index (κ1) is 14.5. The number of pyridine rings is 1. The summed E-state index contributed by atoms with van der Waals surface area (Å²) in [5.41, 5.74) is 0.965. The molecule has 0 radical (unpaired) electrons. The molecule has 0 spiro atoms. The quantitative estimate of drug-likeness (QED) is 0.822. The summed E-state index contributed by atoms with van der Waals surface area (Å²) in [4.78, 5) is 4.29. The average Bonchev–Trinajstić information content (AvgIpc) is 2.40. The van der Waals surface area contributed by atoms with E-state index in [-0.39, 0.29) is 0 Å². The van der Waals surface area contributed by atoms with Crippen molar-refractivity contribution in [1.29, 1.82) is 0 Å². The van der Waals surface area contributed by atoms with Crippen LogP contribution in [0.5, 0.6) is 11.5 Å². The van der Waals surface area contributed by atoms with Crippen LogP contribution in [0.2, 0.25) is 0 Å². The second-order valence-electron chi connectivity index (χ2n) is 3.94. The van der Waals surface area contributed by atoms with E-state index in [9.17, 15) is 0 Å². The van der Waals surface area contributed by atoms with Crippen LogP contribution < -0.4 is 10.1 Å². The van der Waals surface area contributed by atoms with Crippen molar-refractivity contribution >= 4 is 31.9 Å². The van der Waals surface area contributed by atoms with E-state index in [0.29, 0.717) is 0 Å². The van der Waals surface area contributed by atoms with Gasteiger partial charge in [0.1, 0.15) is 11.5 Å². The van der Waals surface area contributed by atoms with Crippen LogP contribution in [0.1, 0.15) is 12.6 Å². The van der Waals surface area contributed by atoms with Gasteiger partial charge in [-0.1, -0.05) is 22.9 Å². The third kappa shape index (κ3) is 4.30. The van der Waals surface area contributed by atoms with Crippen LogP contribution in [0.3, 0.4) is 0 Å². The first-order valence-corrected chi connectivity index (χ1v) is 7.56. The van der Waals surface area contributed by atoms with E-state index < -0.39 is 0 Å². The van der Waals surface area contributed by atoms with Gasteiger partial charge in [-0.3, -0.25) is 4.98 Å². The fourth-order valence-corrected chi connectivity index (χ4v) is 2.68. The van der Waals surface area contributed by atoms with E-state index in [4.69, 9.17) is 4.74 Å². The lowest BCUT2D eigenvalue weighted by Crippen LogP contribution is -2.12. The summed E-state index contributed by atoms with van der Waals surface area (Å²) in [6.07, 6.45) is 1.76. The molecule has 0 saturated carbocycles. The molecule has 100 valence electrons. The van der Waals surface area contributed by atoms with Crippen molar-refractivity contribution in [1.82, 2.24) is 10.3 Å². The van der Waals surface area contributed by atoms with Gasteiger partial charge >= 0.3 is 0 Å². The molecule has 5 heteroatoms. The molecule has 0 aliphatic carbocycles. The molecule has 2 aromatic rings. The Morgan fingerprint density at radius 1 is 1.21 bits per heavy atom. The summed E-state index contributed by atoms with van der Waals surface area (Å²) < 4.78 is 7.77. The smallest absolute Gasteiger partial charge is 0.141 e. The lowest BCUT2D eigenvalue weighted by Gasteiger charge is -2.09. The lowest BCUT2D eigenvalue weighted by atomic mass is 10.3. The number of halogens is 2. The fraction of sp³-hybridized carbons (Fsp3) is 0.214. The molecule has 0 unspecified atom stereocenters. The van der Waals surface area contributed by atoms with Crippen LogP contribution in [-0.2, 0) is 6.54 Å². The van der Waals surface area contributed by atoms with Gasteiger partial charge in [-0.05, 0) is 46.7 Å². The third-order valence-corrected chi connectivity index (χ3v) is 3.58. The average molecular weight is 386 g/mol. The van der Waals surface area contributed by atoms with Crippen LogP contribution in [0, 0.1) is 0 Å². The zero-order chi connectivity index (χ0) is 13.7. The highest BCUT2D eigenvalue weighted by Gasteiger charge is 2.04. The maximum absolute atomic E-state index is 5.85. The van der Waals surface area contributed by atoms with Crippen molar-refractivity contribution in [3.8, 4) is 11.5 Å². The highest BCUT2D eigenvalue weighted by Crippen LogP contribution is 2.31. The number of hydrogen-bond acceptors (Lipinski definition) is 3. The zero-order valence-electron chi connectivity index (χ0n) is 10.5. The Morgan fingerprint density at radius 3 is 2.79 bits per heavy atom. The predicted molar refractivity (Wildman–Crippen MR) is 83.5 cm³/mol. The highest BCUT2D eigenvalue weighted by atomic mass is 79.9. The summed E-state index contributed by atoms with van der Waals surface area (Å²) in [6.45, 7) is 3.74. The SMILES string of the molecule is CCNCc1cc(Oc2ccc(Br)cc2Br)ccn1. The Kier molecular flexibility index (Phi) is 5.36. The van der Waals surface area contributed by atoms with Crippen molar-refractivity contribution in [3.05, 3.63) is 51.2 Å². The largest absolute Gasteiger partial charge is 0.456 e. The van der Waals surface area contributed by atoms with E-state index in [2.05, 4.69) is 49.1 Å². The van der Waals surface area contributed by atoms with Crippen molar-refractivity contribution in [2.45, 2.75) is 13.5 Å². The Balaban J connectivity index is 2.14. The number of nitrogens with zero attached hydrogens (tertiary/aromatic N) is 1. The maximum Gasteiger partial charge on any atom is 0.141 e. The van der Waals surface area contributed by atoms with Gasteiger partial charge in [0.15, 0.2) is 0 Å². The standard InChI is InChI=1S/C14H14Br2N2O/c1-2-17-9-11-8-12(5-6-18-11)19-14-4-3-10(15)7-13(14)16/h3-8,17H,2,9H2,1H3. The van der Waals surface area contributed by atoms with Gasteiger partial charge in [-0.15, -0.1) is 0 Å². The second kappa shape index (κ2) is 7.03. The number of rotatable bonds is 5. The van der Waals surface area contributed by atoms with Gasteiger partial charge in [0.05, 0.1) is 10.2 Å². The van der Waals surface area contributed by atoms with Crippen LogP contribution in [0.15, 0.2) is 45.5 Å². The topological polar surface area (TPSA) is 34.1 Å². The first-order chi connectivity index (χ1) is 9.19. The predicted octanol–water partition coefficient (Wildman–Crippen LogP) is 4.51. The molecule has 1 aromatic heterocycles. The van der Waals surface area contributed by atoms with Crippen molar-refractivity contribution in [2.24, 2.45) is 0 Å². The Hall–Kier alpha value is -0.910. The summed E-state index contributed by atoms with van der Waals surface area (Å²) in [6, 6.07) is 9.61. The van der Waals surface area contributed by atoms with Crippen LogP contribution in [0.25, 0.3) is 0 Å². The molecule has 3 nitrogen and oxygen atoms in total. The minimum absolute atomic E-state index is 0.745. The Morgan fingerprint density at radius 2 is 2.05 bits per heavy atom. The van der Waals surface area contributed by atoms with Crippen LogP contribution in [-0.4, -0.2) is 11.5 Å². The van der Waals surface area contributed by atoms with E-state index in [1.54, 1.807) is 6.20 Å². The molecule has 0 amide bonds. The zero-order valence-corrected chi connectivity index (χ0v) is 13.7. The molecule has 0 saturated heterocycles. The van der Waals surface area contributed by atoms with Crippen molar-refractivity contribution < 1.29 is 4.74 Å². The molecule has 1 heterocycles. The molecule has 1 N–H and O–H groups in total. The number of aromatic nitrogens is 1. The number of ether oxygens (including phenoxy) is 1. The maximum atomic E-state index is 5.85. The van der Waals surface area contributed by atoms with Crippen molar-refractivity contribution in [2.75, 3.05) is 6.54 Å². The molecule has 0 atom stereocenters. The van der Waals surface area contributed by atoms with Gasteiger partial charge in [0, 0.05) is 23.3 Å². The number of benzene rings is 1.